The van der Waals surface area contributed by atoms with E-state index in [1.165, 1.54) is 193 Å². The molecular weight excluding hydrogens is 757 g/mol. The van der Waals surface area contributed by atoms with Crippen molar-refractivity contribution in [1.82, 2.24) is 0 Å². The van der Waals surface area contributed by atoms with Crippen molar-refractivity contribution in [2.75, 3.05) is 13.2 Å². The standard InChI is InChI=1S/C55H106O6/c1-6-7-8-9-10-23-30-35-40-45-53(56)59-48-52(49-60-54(57)46-41-36-31-26-21-18-14-16-20-25-29-34-39-44-51(4)5)61-55(58)47-42-37-32-27-22-17-13-11-12-15-19-24-28-33-38-43-50(2)3/h50-52H,6-49H2,1-5H3/t52-/m1/s1. The molecule has 0 N–H and O–H groups in total. The van der Waals surface area contributed by atoms with Gasteiger partial charge in [0, 0.05) is 19.3 Å². The van der Waals surface area contributed by atoms with E-state index in [4.69, 9.17) is 14.2 Å². The molecule has 0 rings (SSSR count). The summed E-state index contributed by atoms with van der Waals surface area (Å²) in [6.07, 6.45) is 49.5. The zero-order chi connectivity index (χ0) is 44.7. The van der Waals surface area contributed by atoms with Gasteiger partial charge in [0.15, 0.2) is 6.10 Å². The van der Waals surface area contributed by atoms with Crippen LogP contribution < -0.4 is 0 Å². The van der Waals surface area contributed by atoms with Gasteiger partial charge in [-0.05, 0) is 31.1 Å². The lowest BCUT2D eigenvalue weighted by Gasteiger charge is -2.18. The summed E-state index contributed by atoms with van der Waals surface area (Å²) in [5.74, 6) is 0.842. The van der Waals surface area contributed by atoms with Gasteiger partial charge in [0.1, 0.15) is 13.2 Å². The number of carbonyl (C=O) groups excluding carboxylic acids is 3. The SMILES string of the molecule is CCCCCCCCCCCC(=O)OC[C@H](COC(=O)CCCCCCCCCCCCCCCC(C)C)OC(=O)CCCCCCCCCCCCCCCCCC(C)C. The third kappa shape index (κ3) is 49.3. The predicted octanol–water partition coefficient (Wildman–Crippen LogP) is 17.7. The lowest BCUT2D eigenvalue weighted by molar-refractivity contribution is -0.167. The van der Waals surface area contributed by atoms with E-state index in [2.05, 4.69) is 34.6 Å². The number of unbranched alkanes of at least 4 members (excludes halogenated alkanes) is 34. The van der Waals surface area contributed by atoms with Crippen LogP contribution >= 0.6 is 0 Å². The van der Waals surface area contributed by atoms with Gasteiger partial charge in [0.25, 0.3) is 0 Å². The maximum atomic E-state index is 12.8. The van der Waals surface area contributed by atoms with Gasteiger partial charge in [-0.2, -0.15) is 0 Å². The molecule has 0 heterocycles. The van der Waals surface area contributed by atoms with Gasteiger partial charge in [-0.3, -0.25) is 14.4 Å². The zero-order valence-electron chi connectivity index (χ0n) is 41.8. The summed E-state index contributed by atoms with van der Waals surface area (Å²) in [5, 5.41) is 0. The number of esters is 3. The predicted molar refractivity (Wildman–Crippen MR) is 261 cm³/mol. The number of hydrogen-bond donors (Lipinski definition) is 0. The van der Waals surface area contributed by atoms with Crippen LogP contribution in [0.1, 0.15) is 304 Å². The molecule has 1 atom stereocenters. The fourth-order valence-electron chi connectivity index (χ4n) is 8.34. The summed E-state index contributed by atoms with van der Waals surface area (Å²) in [5.41, 5.74) is 0. The van der Waals surface area contributed by atoms with Crippen molar-refractivity contribution in [3.63, 3.8) is 0 Å². The normalized spacial score (nSPS) is 12.0. The topological polar surface area (TPSA) is 78.9 Å². The smallest absolute Gasteiger partial charge is 0.306 e. The van der Waals surface area contributed by atoms with Crippen LogP contribution in [0, 0.1) is 11.8 Å². The molecule has 0 saturated heterocycles. The van der Waals surface area contributed by atoms with E-state index in [-0.39, 0.29) is 31.1 Å². The molecule has 0 amide bonds. The van der Waals surface area contributed by atoms with Crippen molar-refractivity contribution >= 4 is 17.9 Å². The van der Waals surface area contributed by atoms with E-state index in [9.17, 15) is 14.4 Å². The van der Waals surface area contributed by atoms with Crippen LogP contribution in [-0.2, 0) is 28.6 Å². The van der Waals surface area contributed by atoms with Crippen molar-refractivity contribution in [2.24, 2.45) is 11.8 Å². The minimum Gasteiger partial charge on any atom is -0.462 e. The average Bonchev–Trinajstić information content (AvgIpc) is 3.23. The Bertz CT molecular complexity index is 931. The van der Waals surface area contributed by atoms with Crippen LogP contribution in [0.5, 0.6) is 0 Å². The van der Waals surface area contributed by atoms with Crippen molar-refractivity contribution < 1.29 is 28.6 Å². The summed E-state index contributed by atoms with van der Waals surface area (Å²) in [7, 11) is 0. The molecule has 362 valence electrons. The molecule has 0 radical (unpaired) electrons. The summed E-state index contributed by atoms with van der Waals surface area (Å²) in [6, 6.07) is 0. The van der Waals surface area contributed by atoms with Crippen molar-refractivity contribution in [3.05, 3.63) is 0 Å². The molecule has 0 saturated carbocycles. The Kier molecular flexibility index (Phi) is 46.6. The highest BCUT2D eigenvalue weighted by Crippen LogP contribution is 2.18. The molecule has 0 bridgehead atoms. The minimum absolute atomic E-state index is 0.0632. The van der Waals surface area contributed by atoms with Crippen molar-refractivity contribution in [2.45, 2.75) is 310 Å². The molecule has 0 aromatic rings. The number of ether oxygens (including phenoxy) is 3. The van der Waals surface area contributed by atoms with E-state index >= 15 is 0 Å². The van der Waals surface area contributed by atoms with Crippen LogP contribution in [0.15, 0.2) is 0 Å². The first-order valence-electron chi connectivity index (χ1n) is 27.2. The molecule has 0 aromatic heterocycles. The van der Waals surface area contributed by atoms with Crippen LogP contribution in [-0.4, -0.2) is 37.2 Å². The van der Waals surface area contributed by atoms with E-state index < -0.39 is 6.10 Å². The molecule has 6 heteroatoms. The zero-order valence-corrected chi connectivity index (χ0v) is 41.8. The lowest BCUT2D eigenvalue weighted by atomic mass is 10.0. The Morgan fingerprint density at radius 1 is 0.311 bits per heavy atom. The average molecular weight is 863 g/mol. The molecule has 6 nitrogen and oxygen atoms in total. The number of rotatable bonds is 49. The fourth-order valence-corrected chi connectivity index (χ4v) is 8.34. The largest absolute Gasteiger partial charge is 0.462 e. The second kappa shape index (κ2) is 47.9. The maximum Gasteiger partial charge on any atom is 0.306 e. The van der Waals surface area contributed by atoms with Gasteiger partial charge in [0.05, 0.1) is 0 Å². The monoisotopic (exact) mass is 863 g/mol. The third-order valence-electron chi connectivity index (χ3n) is 12.5. The molecule has 0 spiro atoms. The highest BCUT2D eigenvalue weighted by Gasteiger charge is 2.19. The second-order valence-electron chi connectivity index (χ2n) is 19.8. The highest BCUT2D eigenvalue weighted by molar-refractivity contribution is 5.71. The van der Waals surface area contributed by atoms with Crippen LogP contribution in [0.4, 0.5) is 0 Å². The summed E-state index contributed by atoms with van der Waals surface area (Å²) in [6.45, 7) is 11.4. The molecular formula is C55H106O6. The van der Waals surface area contributed by atoms with Crippen molar-refractivity contribution in [3.8, 4) is 0 Å². The van der Waals surface area contributed by atoms with Gasteiger partial charge in [-0.15, -0.1) is 0 Å². The van der Waals surface area contributed by atoms with Gasteiger partial charge in [0.2, 0.25) is 0 Å². The van der Waals surface area contributed by atoms with Gasteiger partial charge < -0.3 is 14.2 Å². The van der Waals surface area contributed by atoms with Crippen LogP contribution in [0.3, 0.4) is 0 Å². The lowest BCUT2D eigenvalue weighted by Crippen LogP contribution is -2.30. The molecule has 0 unspecified atom stereocenters. The van der Waals surface area contributed by atoms with Gasteiger partial charge in [-0.25, -0.2) is 0 Å². The Morgan fingerprint density at radius 3 is 0.803 bits per heavy atom. The second-order valence-corrected chi connectivity index (χ2v) is 19.8. The number of carbonyl (C=O) groups is 3. The molecule has 0 aliphatic rings. The Balaban J connectivity index is 4.24. The van der Waals surface area contributed by atoms with E-state index in [1.54, 1.807) is 0 Å². The van der Waals surface area contributed by atoms with Crippen LogP contribution in [0.25, 0.3) is 0 Å². The number of hydrogen-bond acceptors (Lipinski definition) is 6. The first-order chi connectivity index (χ1) is 29.7. The molecule has 61 heavy (non-hydrogen) atoms. The first kappa shape index (κ1) is 59.4. The first-order valence-corrected chi connectivity index (χ1v) is 27.2. The van der Waals surface area contributed by atoms with Crippen LogP contribution in [0.2, 0.25) is 0 Å². The minimum atomic E-state index is -0.761. The Morgan fingerprint density at radius 2 is 0.541 bits per heavy atom. The Hall–Kier alpha value is -1.59. The third-order valence-corrected chi connectivity index (χ3v) is 12.5. The fraction of sp³-hybridized carbons (Fsp3) is 0.945. The molecule has 0 fully saturated rings. The highest BCUT2D eigenvalue weighted by atomic mass is 16.6. The molecule has 0 aliphatic heterocycles. The van der Waals surface area contributed by atoms with Gasteiger partial charge >= 0.3 is 17.9 Å². The quantitative estimate of drug-likeness (QED) is 0.0344. The molecule has 0 aliphatic carbocycles. The summed E-state index contributed by atoms with van der Waals surface area (Å²) in [4.78, 5) is 37.9. The van der Waals surface area contributed by atoms with E-state index in [0.717, 1.165) is 69.6 Å². The maximum absolute atomic E-state index is 12.8. The van der Waals surface area contributed by atoms with E-state index in [0.29, 0.717) is 19.3 Å². The van der Waals surface area contributed by atoms with Gasteiger partial charge in [-0.1, -0.05) is 266 Å². The summed E-state index contributed by atoms with van der Waals surface area (Å²) >= 11 is 0. The summed E-state index contributed by atoms with van der Waals surface area (Å²) < 4.78 is 16.8. The Labute approximate surface area is 380 Å². The van der Waals surface area contributed by atoms with E-state index in [1.807, 2.05) is 0 Å². The molecule has 0 aromatic carbocycles. The van der Waals surface area contributed by atoms with Crippen molar-refractivity contribution in [1.29, 1.82) is 0 Å².